The van der Waals surface area contributed by atoms with Crippen LogP contribution < -0.4 is 0 Å². The summed E-state index contributed by atoms with van der Waals surface area (Å²) in [5.74, 6) is -0.426. The van der Waals surface area contributed by atoms with E-state index in [-0.39, 0.29) is 17.7 Å². The van der Waals surface area contributed by atoms with E-state index in [1.807, 2.05) is 26.0 Å². The van der Waals surface area contributed by atoms with E-state index < -0.39 is 0 Å². The van der Waals surface area contributed by atoms with Crippen LogP contribution in [0, 0.1) is 13.8 Å². The smallest absolute Gasteiger partial charge is 0.262 e. The normalized spacial score (nSPS) is 13.4. The number of thioether (sulfide) groups is 1. The van der Waals surface area contributed by atoms with Gasteiger partial charge in [-0.15, -0.1) is 5.10 Å². The average molecular weight is 365 g/mol. The lowest BCUT2D eigenvalue weighted by Crippen LogP contribution is -2.29. The molecule has 0 saturated carbocycles. The molecule has 0 radical (unpaired) electrons. The third kappa shape index (κ3) is 2.68. The molecule has 0 fully saturated rings. The molecule has 8 heteroatoms. The molecule has 26 heavy (non-hydrogen) atoms. The standard InChI is InChI=1S/C18H15N5O2S/c1-11-7-8-15(12(2)9-11)23-18(19-20-21-23)26-10-22-16(24)13-5-3-4-6-14(13)17(22)25/h3-9H,10H2,1-2H3. The zero-order chi connectivity index (χ0) is 18.3. The predicted molar refractivity (Wildman–Crippen MR) is 96.3 cm³/mol. The highest BCUT2D eigenvalue weighted by atomic mass is 32.2. The van der Waals surface area contributed by atoms with E-state index in [2.05, 4.69) is 21.6 Å². The van der Waals surface area contributed by atoms with Crippen molar-refractivity contribution < 1.29 is 9.59 Å². The Kier molecular flexibility index (Phi) is 4.04. The fourth-order valence-electron chi connectivity index (χ4n) is 2.94. The molecule has 2 aromatic carbocycles. The topological polar surface area (TPSA) is 81.0 Å². The number of carbonyl (C=O) groups is 2. The predicted octanol–water partition coefficient (Wildman–Crippen LogP) is 2.62. The van der Waals surface area contributed by atoms with Gasteiger partial charge in [0.05, 0.1) is 22.7 Å². The summed E-state index contributed by atoms with van der Waals surface area (Å²) in [6.45, 7) is 4.01. The molecule has 1 aliphatic heterocycles. The number of imide groups is 1. The highest BCUT2D eigenvalue weighted by molar-refractivity contribution is 7.99. The van der Waals surface area contributed by atoms with E-state index >= 15 is 0 Å². The first-order valence-electron chi connectivity index (χ1n) is 8.00. The lowest BCUT2D eigenvalue weighted by atomic mass is 10.1. The molecular weight excluding hydrogens is 350 g/mol. The molecule has 4 rings (SSSR count). The molecule has 1 aliphatic rings. The number of benzene rings is 2. The summed E-state index contributed by atoms with van der Waals surface area (Å²) >= 11 is 1.25. The van der Waals surface area contributed by atoms with Crippen molar-refractivity contribution in [2.75, 3.05) is 5.88 Å². The molecule has 2 amide bonds. The van der Waals surface area contributed by atoms with E-state index in [0.717, 1.165) is 16.8 Å². The number of amides is 2. The summed E-state index contributed by atoms with van der Waals surface area (Å²) in [6, 6.07) is 12.8. The molecule has 0 atom stereocenters. The quantitative estimate of drug-likeness (QED) is 0.522. The van der Waals surface area contributed by atoms with Gasteiger partial charge in [-0.3, -0.25) is 14.5 Å². The summed E-state index contributed by atoms with van der Waals surface area (Å²) in [5, 5.41) is 12.3. The number of carbonyl (C=O) groups excluding carboxylic acids is 2. The lowest BCUT2D eigenvalue weighted by Gasteiger charge is -2.13. The Morgan fingerprint density at radius 2 is 1.69 bits per heavy atom. The molecule has 7 nitrogen and oxygen atoms in total. The Labute approximate surface area is 154 Å². The maximum Gasteiger partial charge on any atom is 0.262 e. The third-order valence-electron chi connectivity index (χ3n) is 4.22. The van der Waals surface area contributed by atoms with Crippen molar-refractivity contribution in [2.45, 2.75) is 19.0 Å². The number of aromatic nitrogens is 4. The number of tetrazole rings is 1. The fourth-order valence-corrected chi connectivity index (χ4v) is 3.77. The number of nitrogens with zero attached hydrogens (tertiary/aromatic N) is 5. The van der Waals surface area contributed by atoms with Crippen LogP contribution in [0.1, 0.15) is 31.8 Å². The summed E-state index contributed by atoms with van der Waals surface area (Å²) in [7, 11) is 0. The van der Waals surface area contributed by atoms with Gasteiger partial charge in [-0.2, -0.15) is 4.68 Å². The van der Waals surface area contributed by atoms with Gasteiger partial charge in [0, 0.05) is 0 Å². The summed E-state index contributed by atoms with van der Waals surface area (Å²) in [5.41, 5.74) is 3.93. The van der Waals surface area contributed by atoms with Crippen molar-refractivity contribution in [3.8, 4) is 5.69 Å². The van der Waals surface area contributed by atoms with Crippen LogP contribution in [-0.4, -0.2) is 42.8 Å². The van der Waals surface area contributed by atoms with Gasteiger partial charge in [0.2, 0.25) is 5.16 Å². The molecule has 2 heterocycles. The van der Waals surface area contributed by atoms with Crippen LogP contribution in [0.5, 0.6) is 0 Å². The molecule has 0 unspecified atom stereocenters. The highest BCUT2D eigenvalue weighted by Gasteiger charge is 2.35. The second-order valence-electron chi connectivity index (χ2n) is 6.02. The van der Waals surface area contributed by atoms with Crippen molar-refractivity contribution in [3.05, 3.63) is 64.7 Å². The van der Waals surface area contributed by atoms with Crippen LogP contribution in [0.15, 0.2) is 47.6 Å². The first-order chi connectivity index (χ1) is 12.6. The Morgan fingerprint density at radius 1 is 1.00 bits per heavy atom. The number of aryl methyl sites for hydroxylation is 2. The Morgan fingerprint density at radius 3 is 2.35 bits per heavy atom. The van der Waals surface area contributed by atoms with Gasteiger partial charge in [-0.05, 0) is 48.0 Å². The first kappa shape index (κ1) is 16.5. The van der Waals surface area contributed by atoms with Crippen LogP contribution in [0.4, 0.5) is 0 Å². The first-order valence-corrected chi connectivity index (χ1v) is 8.99. The van der Waals surface area contributed by atoms with E-state index in [9.17, 15) is 9.59 Å². The van der Waals surface area contributed by atoms with Gasteiger partial charge in [0.25, 0.3) is 11.8 Å². The van der Waals surface area contributed by atoms with Crippen LogP contribution in [0.3, 0.4) is 0 Å². The Balaban J connectivity index is 1.56. The van der Waals surface area contributed by atoms with Crippen LogP contribution in [-0.2, 0) is 0 Å². The average Bonchev–Trinajstić information content (AvgIpc) is 3.18. The van der Waals surface area contributed by atoms with Crippen molar-refractivity contribution in [2.24, 2.45) is 0 Å². The maximum absolute atomic E-state index is 12.4. The Bertz CT molecular complexity index is 995. The second kappa shape index (κ2) is 6.38. The number of hydrogen-bond donors (Lipinski definition) is 0. The van der Waals surface area contributed by atoms with Gasteiger partial charge < -0.3 is 0 Å². The van der Waals surface area contributed by atoms with Crippen LogP contribution >= 0.6 is 11.8 Å². The largest absolute Gasteiger partial charge is 0.269 e. The fraction of sp³-hybridized carbons (Fsp3) is 0.167. The minimum Gasteiger partial charge on any atom is -0.269 e. The van der Waals surface area contributed by atoms with Crippen molar-refractivity contribution in [1.29, 1.82) is 0 Å². The van der Waals surface area contributed by atoms with E-state index in [0.29, 0.717) is 16.3 Å². The third-order valence-corrected chi connectivity index (χ3v) is 5.12. The van der Waals surface area contributed by atoms with Gasteiger partial charge >= 0.3 is 0 Å². The SMILES string of the molecule is Cc1ccc(-n2nnnc2SCN2C(=O)c3ccccc3C2=O)c(C)c1. The highest BCUT2D eigenvalue weighted by Crippen LogP contribution is 2.27. The molecular formula is C18H15N5O2S. The summed E-state index contributed by atoms with van der Waals surface area (Å²) in [4.78, 5) is 26.1. The minimum atomic E-state index is -0.288. The Hall–Kier alpha value is -3.00. The van der Waals surface area contributed by atoms with Crippen molar-refractivity contribution in [3.63, 3.8) is 0 Å². The summed E-state index contributed by atoms with van der Waals surface area (Å²) < 4.78 is 1.62. The zero-order valence-corrected chi connectivity index (χ0v) is 15.0. The van der Waals surface area contributed by atoms with Gasteiger partial charge in [0.1, 0.15) is 0 Å². The van der Waals surface area contributed by atoms with Crippen LogP contribution in [0.2, 0.25) is 0 Å². The van der Waals surface area contributed by atoms with Gasteiger partial charge in [0.15, 0.2) is 0 Å². The molecule has 1 aromatic heterocycles. The molecule has 0 spiro atoms. The molecule has 3 aromatic rings. The lowest BCUT2D eigenvalue weighted by molar-refractivity contribution is 0.0684. The number of fused-ring (bicyclic) bond motifs is 1. The number of hydrogen-bond acceptors (Lipinski definition) is 6. The van der Waals surface area contributed by atoms with Crippen molar-refractivity contribution in [1.82, 2.24) is 25.1 Å². The molecule has 130 valence electrons. The van der Waals surface area contributed by atoms with Crippen molar-refractivity contribution >= 4 is 23.6 Å². The molecule has 0 N–H and O–H groups in total. The van der Waals surface area contributed by atoms with E-state index in [4.69, 9.17) is 0 Å². The molecule has 0 bridgehead atoms. The molecule has 0 saturated heterocycles. The van der Waals surface area contributed by atoms with Crippen LogP contribution in [0.25, 0.3) is 5.69 Å². The number of rotatable bonds is 4. The van der Waals surface area contributed by atoms with E-state index in [1.54, 1.807) is 28.9 Å². The van der Waals surface area contributed by atoms with Gasteiger partial charge in [-0.1, -0.05) is 41.6 Å². The monoisotopic (exact) mass is 365 g/mol. The second-order valence-corrected chi connectivity index (χ2v) is 6.93. The van der Waals surface area contributed by atoms with E-state index in [1.165, 1.54) is 16.7 Å². The van der Waals surface area contributed by atoms with Gasteiger partial charge in [-0.25, -0.2) is 0 Å². The molecule has 0 aliphatic carbocycles. The maximum atomic E-state index is 12.4. The zero-order valence-electron chi connectivity index (χ0n) is 14.2. The summed E-state index contributed by atoms with van der Waals surface area (Å²) in [6.07, 6.45) is 0. The minimum absolute atomic E-state index is 0.150.